The molecule has 0 bridgehead atoms. The summed E-state index contributed by atoms with van der Waals surface area (Å²) in [6.07, 6.45) is 3.54. The van der Waals surface area contributed by atoms with Crippen molar-refractivity contribution >= 4 is 0 Å². The van der Waals surface area contributed by atoms with E-state index in [9.17, 15) is 0 Å². The lowest BCUT2D eigenvalue weighted by molar-refractivity contribution is 0.170. The third-order valence-corrected chi connectivity index (χ3v) is 1.82. The van der Waals surface area contributed by atoms with Gasteiger partial charge in [-0.3, -0.25) is 0 Å². The van der Waals surface area contributed by atoms with Gasteiger partial charge in [0.25, 0.3) is 0 Å². The maximum Gasteiger partial charge on any atom is 0.0512 e. The highest BCUT2D eigenvalue weighted by Gasteiger charge is 2.07. The van der Waals surface area contributed by atoms with Crippen LogP contribution in [0.1, 0.15) is 19.8 Å². The first-order chi connectivity index (χ1) is 5.07. The summed E-state index contributed by atoms with van der Waals surface area (Å²) in [7, 11) is 4.04. The van der Waals surface area contributed by atoms with Gasteiger partial charge >= 0.3 is 0 Å². The summed E-state index contributed by atoms with van der Waals surface area (Å²) in [6.45, 7) is 5.55. The van der Waals surface area contributed by atoms with Crippen molar-refractivity contribution in [3.63, 3.8) is 0 Å². The molecule has 0 amide bonds. The van der Waals surface area contributed by atoms with Crippen molar-refractivity contribution in [2.75, 3.05) is 14.1 Å². The van der Waals surface area contributed by atoms with Crippen LogP contribution in [-0.4, -0.2) is 36.2 Å². The molecule has 2 unspecified atom stereocenters. The van der Waals surface area contributed by atoms with Crippen molar-refractivity contribution in [3.8, 4) is 0 Å². The van der Waals surface area contributed by atoms with Crippen molar-refractivity contribution in [3.05, 3.63) is 12.7 Å². The molecule has 0 aliphatic carbocycles. The maximum atomic E-state index is 9.03. The van der Waals surface area contributed by atoms with E-state index in [2.05, 4.69) is 11.5 Å². The average Bonchev–Trinajstić information content (AvgIpc) is 1.87. The van der Waals surface area contributed by atoms with Gasteiger partial charge in [-0.15, -0.1) is 6.58 Å². The predicted octanol–water partition coefficient (Wildman–Crippen LogP) is 1.26. The SMILES string of the molecule is C=CC(CCC(C)O)N(C)C. The summed E-state index contributed by atoms with van der Waals surface area (Å²) in [5.74, 6) is 0. The Morgan fingerprint density at radius 1 is 1.45 bits per heavy atom. The van der Waals surface area contributed by atoms with Crippen LogP contribution < -0.4 is 0 Å². The van der Waals surface area contributed by atoms with E-state index in [-0.39, 0.29) is 6.10 Å². The topological polar surface area (TPSA) is 23.5 Å². The minimum absolute atomic E-state index is 0.197. The van der Waals surface area contributed by atoms with E-state index < -0.39 is 0 Å². The molecule has 2 nitrogen and oxygen atoms in total. The van der Waals surface area contributed by atoms with E-state index in [1.165, 1.54) is 0 Å². The number of hydrogen-bond donors (Lipinski definition) is 1. The van der Waals surface area contributed by atoms with Crippen LogP contribution in [0.2, 0.25) is 0 Å². The summed E-state index contributed by atoms with van der Waals surface area (Å²) in [6, 6.07) is 0.393. The third-order valence-electron chi connectivity index (χ3n) is 1.82. The Bertz CT molecular complexity index is 110. The predicted molar refractivity (Wildman–Crippen MR) is 48.6 cm³/mol. The van der Waals surface area contributed by atoms with Gasteiger partial charge in [0.1, 0.15) is 0 Å². The zero-order valence-electron chi connectivity index (χ0n) is 7.75. The minimum Gasteiger partial charge on any atom is -0.393 e. The molecule has 2 heteroatoms. The second-order valence-corrected chi connectivity index (χ2v) is 3.19. The van der Waals surface area contributed by atoms with E-state index in [1.807, 2.05) is 27.1 Å². The molecule has 0 aliphatic heterocycles. The highest BCUT2D eigenvalue weighted by molar-refractivity contribution is 4.85. The second-order valence-electron chi connectivity index (χ2n) is 3.19. The van der Waals surface area contributed by atoms with Gasteiger partial charge in [0, 0.05) is 6.04 Å². The molecule has 0 rings (SSSR count). The molecule has 0 aromatic rings. The molecule has 0 fully saturated rings. The van der Waals surface area contributed by atoms with Gasteiger partial charge in [0.15, 0.2) is 0 Å². The van der Waals surface area contributed by atoms with Gasteiger partial charge < -0.3 is 10.0 Å². The quantitative estimate of drug-likeness (QED) is 0.607. The zero-order chi connectivity index (χ0) is 8.85. The van der Waals surface area contributed by atoms with Gasteiger partial charge in [0.05, 0.1) is 6.10 Å². The maximum absolute atomic E-state index is 9.03. The Kier molecular flexibility index (Phi) is 5.16. The smallest absolute Gasteiger partial charge is 0.0512 e. The largest absolute Gasteiger partial charge is 0.393 e. The molecule has 66 valence electrons. The summed E-state index contributed by atoms with van der Waals surface area (Å²) in [4.78, 5) is 2.11. The van der Waals surface area contributed by atoms with Crippen molar-refractivity contribution in [1.82, 2.24) is 4.90 Å². The monoisotopic (exact) mass is 157 g/mol. The molecule has 0 heterocycles. The fourth-order valence-corrected chi connectivity index (χ4v) is 0.999. The Hall–Kier alpha value is -0.340. The van der Waals surface area contributed by atoms with E-state index in [4.69, 9.17) is 5.11 Å². The Labute approximate surface area is 69.5 Å². The van der Waals surface area contributed by atoms with Crippen molar-refractivity contribution < 1.29 is 5.11 Å². The molecular weight excluding hydrogens is 138 g/mol. The molecule has 0 radical (unpaired) electrons. The first-order valence-electron chi connectivity index (χ1n) is 4.05. The highest BCUT2D eigenvalue weighted by atomic mass is 16.3. The van der Waals surface area contributed by atoms with Crippen molar-refractivity contribution in [2.24, 2.45) is 0 Å². The first-order valence-corrected chi connectivity index (χ1v) is 4.05. The van der Waals surface area contributed by atoms with Gasteiger partial charge in [-0.25, -0.2) is 0 Å². The van der Waals surface area contributed by atoms with Gasteiger partial charge in [-0.05, 0) is 33.9 Å². The van der Waals surface area contributed by atoms with Gasteiger partial charge in [-0.1, -0.05) is 6.08 Å². The fourth-order valence-electron chi connectivity index (χ4n) is 0.999. The van der Waals surface area contributed by atoms with E-state index in [1.54, 1.807) is 0 Å². The molecule has 0 aromatic carbocycles. The Morgan fingerprint density at radius 2 is 2.00 bits per heavy atom. The van der Waals surface area contributed by atoms with E-state index in [0.717, 1.165) is 12.8 Å². The number of hydrogen-bond acceptors (Lipinski definition) is 2. The molecule has 1 N–H and O–H groups in total. The number of likely N-dealkylation sites (N-methyl/N-ethyl adjacent to an activating group) is 1. The Morgan fingerprint density at radius 3 is 2.27 bits per heavy atom. The van der Waals surface area contributed by atoms with E-state index in [0.29, 0.717) is 6.04 Å². The van der Waals surface area contributed by atoms with Crippen LogP contribution in [0.15, 0.2) is 12.7 Å². The van der Waals surface area contributed by atoms with Crippen LogP contribution in [0.3, 0.4) is 0 Å². The van der Waals surface area contributed by atoms with Crippen LogP contribution in [0.5, 0.6) is 0 Å². The summed E-state index contributed by atoms with van der Waals surface area (Å²) < 4.78 is 0. The standard InChI is InChI=1S/C9H19NO/c1-5-9(10(3)4)7-6-8(2)11/h5,8-9,11H,1,6-7H2,2-4H3. The number of nitrogens with zero attached hydrogens (tertiary/aromatic N) is 1. The third kappa shape index (κ3) is 4.99. The second kappa shape index (κ2) is 5.33. The lowest BCUT2D eigenvalue weighted by Crippen LogP contribution is -2.26. The van der Waals surface area contributed by atoms with Crippen LogP contribution in [0, 0.1) is 0 Å². The van der Waals surface area contributed by atoms with Crippen LogP contribution in [0.4, 0.5) is 0 Å². The number of aliphatic hydroxyl groups excluding tert-OH is 1. The molecule has 11 heavy (non-hydrogen) atoms. The van der Waals surface area contributed by atoms with Crippen LogP contribution >= 0.6 is 0 Å². The summed E-state index contributed by atoms with van der Waals surface area (Å²) in [5, 5.41) is 9.03. The van der Waals surface area contributed by atoms with Crippen molar-refractivity contribution in [1.29, 1.82) is 0 Å². The Balaban J connectivity index is 3.61. The van der Waals surface area contributed by atoms with Gasteiger partial charge in [-0.2, -0.15) is 0 Å². The minimum atomic E-state index is -0.197. The molecule has 0 saturated carbocycles. The lowest BCUT2D eigenvalue weighted by atomic mass is 10.1. The molecule has 0 spiro atoms. The molecule has 0 saturated heterocycles. The van der Waals surface area contributed by atoms with Crippen molar-refractivity contribution in [2.45, 2.75) is 31.9 Å². The highest BCUT2D eigenvalue weighted by Crippen LogP contribution is 2.06. The first kappa shape index (κ1) is 10.7. The zero-order valence-corrected chi connectivity index (χ0v) is 7.75. The summed E-state index contributed by atoms with van der Waals surface area (Å²) in [5.41, 5.74) is 0. The van der Waals surface area contributed by atoms with E-state index >= 15 is 0 Å². The van der Waals surface area contributed by atoms with Crippen LogP contribution in [0.25, 0.3) is 0 Å². The molecule has 0 aromatic heterocycles. The molecule has 0 aliphatic rings. The molecule has 2 atom stereocenters. The average molecular weight is 157 g/mol. The fraction of sp³-hybridized carbons (Fsp3) is 0.778. The number of aliphatic hydroxyl groups is 1. The number of rotatable bonds is 5. The van der Waals surface area contributed by atoms with Gasteiger partial charge in [0.2, 0.25) is 0 Å². The summed E-state index contributed by atoms with van der Waals surface area (Å²) >= 11 is 0. The lowest BCUT2D eigenvalue weighted by Gasteiger charge is -2.20. The van der Waals surface area contributed by atoms with Crippen LogP contribution in [-0.2, 0) is 0 Å². The normalized spacial score (nSPS) is 16.5. The molecular formula is C9H19NO.